The molecule has 3 rings (SSSR count). The van der Waals surface area contributed by atoms with Gasteiger partial charge in [0.2, 0.25) is 0 Å². The van der Waals surface area contributed by atoms with Gasteiger partial charge in [-0.1, -0.05) is 47.6 Å². The molecular weight excluding hydrogens is 416 g/mol. The molecule has 1 atom stereocenters. The van der Waals surface area contributed by atoms with E-state index in [2.05, 4.69) is 17.1 Å². The number of hydrogen-bond donors (Lipinski definition) is 2. The Bertz CT molecular complexity index is 936. The number of carbonyl (C=O) groups excluding carboxylic acids is 2. The number of likely N-dealkylation sites (tertiary alicyclic amines) is 1. The molecule has 2 aromatic rings. The van der Waals surface area contributed by atoms with E-state index in [-0.39, 0.29) is 17.7 Å². The lowest BCUT2D eigenvalue weighted by molar-refractivity contribution is -0.120. The first kappa shape index (κ1) is 24.6. The number of amidine groups is 1. The second-order valence-corrected chi connectivity index (χ2v) is 8.82. The number of nitrogens with zero attached hydrogens (tertiary/aromatic N) is 2. The van der Waals surface area contributed by atoms with Crippen molar-refractivity contribution in [3.63, 3.8) is 0 Å². The standard InChI is InChI=1S/C26H34N4O3/c1-30-17-15-20(16-18-30)9-13-23(27)24(31)14-10-19-7-11-21(12-8-19)25(28)29-33-26(32)22-5-3-2-4-6-22/h2-8,11-12,20,23H,9-10,13-18,27H2,1H3,(H2,28,29)/t23-/m0/s1. The molecule has 0 radical (unpaired) electrons. The summed E-state index contributed by atoms with van der Waals surface area (Å²) in [7, 11) is 2.15. The fraction of sp³-hybridized carbons (Fsp3) is 0.423. The van der Waals surface area contributed by atoms with E-state index in [0.29, 0.717) is 29.9 Å². The summed E-state index contributed by atoms with van der Waals surface area (Å²) < 4.78 is 0. The lowest BCUT2D eigenvalue weighted by Crippen LogP contribution is -2.33. The van der Waals surface area contributed by atoms with Crippen LogP contribution in [0.3, 0.4) is 0 Å². The molecule has 1 saturated heterocycles. The number of nitrogens with two attached hydrogens (primary N) is 2. The normalized spacial score (nSPS) is 16.4. The number of Topliss-reactive ketones (excluding diaryl/α,β-unsaturated/α-hetero) is 1. The van der Waals surface area contributed by atoms with Gasteiger partial charge in [0.05, 0.1) is 11.6 Å². The second kappa shape index (κ2) is 12.3. The van der Waals surface area contributed by atoms with Crippen molar-refractivity contribution in [2.75, 3.05) is 20.1 Å². The summed E-state index contributed by atoms with van der Waals surface area (Å²) in [4.78, 5) is 31.7. The Kier molecular flexibility index (Phi) is 9.15. The van der Waals surface area contributed by atoms with Crippen LogP contribution in [0.2, 0.25) is 0 Å². The molecule has 1 aliphatic heterocycles. The third-order valence-electron chi connectivity index (χ3n) is 6.28. The second-order valence-electron chi connectivity index (χ2n) is 8.82. The molecule has 1 aliphatic rings. The van der Waals surface area contributed by atoms with Crippen molar-refractivity contribution in [3.8, 4) is 0 Å². The van der Waals surface area contributed by atoms with E-state index in [1.54, 1.807) is 36.4 Å². The molecule has 1 heterocycles. The number of benzene rings is 2. The van der Waals surface area contributed by atoms with Gasteiger partial charge in [-0.25, -0.2) is 4.79 Å². The molecule has 0 amide bonds. The van der Waals surface area contributed by atoms with E-state index < -0.39 is 5.97 Å². The Morgan fingerprint density at radius 1 is 1.06 bits per heavy atom. The SMILES string of the molecule is CN1CCC(CC[C@H](N)C(=O)CCc2ccc(/C(N)=N/OC(=O)c3ccccc3)cc2)CC1. The predicted octanol–water partition coefficient (Wildman–Crippen LogP) is 3.11. The van der Waals surface area contributed by atoms with Crippen molar-refractivity contribution >= 4 is 17.6 Å². The summed E-state index contributed by atoms with van der Waals surface area (Å²) in [6, 6.07) is 15.6. The molecule has 0 bridgehead atoms. The quantitative estimate of drug-likeness (QED) is 0.249. The topological polar surface area (TPSA) is 111 Å². The molecule has 1 fully saturated rings. The average Bonchev–Trinajstić information content (AvgIpc) is 2.85. The number of hydrogen-bond acceptors (Lipinski definition) is 6. The third kappa shape index (κ3) is 7.80. The Morgan fingerprint density at radius 3 is 2.39 bits per heavy atom. The number of aryl methyl sites for hydroxylation is 1. The van der Waals surface area contributed by atoms with Gasteiger partial charge in [0, 0.05) is 12.0 Å². The third-order valence-corrected chi connectivity index (χ3v) is 6.28. The summed E-state index contributed by atoms with van der Waals surface area (Å²) in [5.41, 5.74) is 14.1. The minimum Gasteiger partial charge on any atom is -0.380 e. The number of ketones is 1. The van der Waals surface area contributed by atoms with Gasteiger partial charge in [0.25, 0.3) is 0 Å². The molecule has 2 aromatic carbocycles. The summed E-state index contributed by atoms with van der Waals surface area (Å²) in [5, 5.41) is 3.73. The number of piperidine rings is 1. The Hall–Kier alpha value is -3.03. The van der Waals surface area contributed by atoms with Gasteiger partial charge in [-0.3, -0.25) is 4.79 Å². The lowest BCUT2D eigenvalue weighted by Gasteiger charge is -2.29. The van der Waals surface area contributed by atoms with Crippen LogP contribution in [0.15, 0.2) is 59.8 Å². The molecule has 0 saturated carbocycles. The first-order valence-corrected chi connectivity index (χ1v) is 11.6. The van der Waals surface area contributed by atoms with E-state index in [1.165, 1.54) is 12.8 Å². The van der Waals surface area contributed by atoms with Crippen molar-refractivity contribution in [2.45, 2.75) is 44.6 Å². The van der Waals surface area contributed by atoms with Gasteiger partial charge < -0.3 is 21.2 Å². The maximum absolute atomic E-state index is 12.5. The van der Waals surface area contributed by atoms with Crippen molar-refractivity contribution < 1.29 is 14.4 Å². The maximum Gasteiger partial charge on any atom is 0.365 e. The molecular formula is C26H34N4O3. The van der Waals surface area contributed by atoms with E-state index in [1.807, 2.05) is 18.2 Å². The van der Waals surface area contributed by atoms with Crippen LogP contribution >= 0.6 is 0 Å². The van der Waals surface area contributed by atoms with Crippen LogP contribution < -0.4 is 11.5 Å². The molecule has 7 nitrogen and oxygen atoms in total. The Labute approximate surface area is 195 Å². The molecule has 33 heavy (non-hydrogen) atoms. The van der Waals surface area contributed by atoms with Gasteiger partial charge >= 0.3 is 5.97 Å². The van der Waals surface area contributed by atoms with Crippen molar-refractivity contribution in [1.82, 2.24) is 4.90 Å². The zero-order chi connectivity index (χ0) is 23.6. The highest BCUT2D eigenvalue weighted by Crippen LogP contribution is 2.22. The minimum absolute atomic E-state index is 0.109. The summed E-state index contributed by atoms with van der Waals surface area (Å²) >= 11 is 0. The number of rotatable bonds is 10. The molecule has 0 spiro atoms. The van der Waals surface area contributed by atoms with Crippen LogP contribution in [-0.4, -0.2) is 48.7 Å². The average molecular weight is 451 g/mol. The van der Waals surface area contributed by atoms with E-state index in [4.69, 9.17) is 16.3 Å². The zero-order valence-electron chi connectivity index (χ0n) is 19.3. The molecule has 0 unspecified atom stereocenters. The van der Waals surface area contributed by atoms with Crippen LogP contribution in [-0.2, 0) is 16.1 Å². The highest BCUT2D eigenvalue weighted by molar-refractivity contribution is 5.98. The fourth-order valence-electron chi connectivity index (χ4n) is 3.99. The minimum atomic E-state index is -0.569. The number of oxime groups is 1. The highest BCUT2D eigenvalue weighted by atomic mass is 16.7. The predicted molar refractivity (Wildman–Crippen MR) is 130 cm³/mol. The van der Waals surface area contributed by atoms with Crippen molar-refractivity contribution in [2.24, 2.45) is 22.5 Å². The van der Waals surface area contributed by atoms with Crippen LogP contribution in [0, 0.1) is 5.92 Å². The highest BCUT2D eigenvalue weighted by Gasteiger charge is 2.20. The van der Waals surface area contributed by atoms with Crippen LogP contribution in [0.25, 0.3) is 0 Å². The first-order valence-electron chi connectivity index (χ1n) is 11.6. The zero-order valence-corrected chi connectivity index (χ0v) is 19.3. The lowest BCUT2D eigenvalue weighted by atomic mass is 9.89. The van der Waals surface area contributed by atoms with Crippen LogP contribution in [0.5, 0.6) is 0 Å². The Balaban J connectivity index is 1.42. The first-order chi connectivity index (χ1) is 15.9. The summed E-state index contributed by atoms with van der Waals surface area (Å²) in [5.74, 6) is 0.339. The van der Waals surface area contributed by atoms with Crippen molar-refractivity contribution in [3.05, 3.63) is 71.3 Å². The molecule has 0 aromatic heterocycles. The van der Waals surface area contributed by atoms with Crippen LogP contribution in [0.4, 0.5) is 0 Å². The molecule has 176 valence electrons. The smallest absolute Gasteiger partial charge is 0.365 e. The van der Waals surface area contributed by atoms with Gasteiger partial charge in [-0.05, 0) is 75.9 Å². The van der Waals surface area contributed by atoms with E-state index in [9.17, 15) is 9.59 Å². The molecule has 4 N–H and O–H groups in total. The maximum atomic E-state index is 12.5. The summed E-state index contributed by atoms with van der Waals surface area (Å²) in [6.45, 7) is 2.27. The van der Waals surface area contributed by atoms with Crippen molar-refractivity contribution in [1.29, 1.82) is 0 Å². The van der Waals surface area contributed by atoms with E-state index >= 15 is 0 Å². The van der Waals surface area contributed by atoms with Gasteiger partial charge in [-0.2, -0.15) is 0 Å². The fourth-order valence-corrected chi connectivity index (χ4v) is 3.99. The molecule has 0 aliphatic carbocycles. The van der Waals surface area contributed by atoms with E-state index in [0.717, 1.165) is 31.5 Å². The summed E-state index contributed by atoms with van der Waals surface area (Å²) in [6.07, 6.45) is 5.24. The number of carbonyl (C=O) groups is 2. The largest absolute Gasteiger partial charge is 0.380 e. The molecule has 7 heteroatoms. The van der Waals surface area contributed by atoms with Gasteiger partial charge in [0.15, 0.2) is 5.84 Å². The van der Waals surface area contributed by atoms with Gasteiger partial charge in [0.1, 0.15) is 5.78 Å². The van der Waals surface area contributed by atoms with Crippen LogP contribution in [0.1, 0.15) is 53.6 Å². The Morgan fingerprint density at radius 2 is 1.73 bits per heavy atom. The van der Waals surface area contributed by atoms with Gasteiger partial charge in [-0.15, -0.1) is 0 Å². The monoisotopic (exact) mass is 450 g/mol.